The third-order valence-corrected chi connectivity index (χ3v) is 4.73. The van der Waals surface area contributed by atoms with Crippen molar-refractivity contribution in [3.63, 3.8) is 0 Å². The summed E-state index contributed by atoms with van der Waals surface area (Å²) in [6, 6.07) is 5.71. The first-order chi connectivity index (χ1) is 15.9. The van der Waals surface area contributed by atoms with Crippen LogP contribution < -0.4 is 20.7 Å². The highest BCUT2D eigenvalue weighted by Crippen LogP contribution is 2.30. The number of aliphatic hydroxyl groups excluding tert-OH is 1. The summed E-state index contributed by atoms with van der Waals surface area (Å²) in [6.07, 6.45) is 3.88. The summed E-state index contributed by atoms with van der Waals surface area (Å²) in [7, 11) is 1.45. The van der Waals surface area contributed by atoms with E-state index in [2.05, 4.69) is 30.9 Å². The van der Waals surface area contributed by atoms with Crippen LogP contribution in [-0.4, -0.2) is 58.8 Å². The highest BCUT2D eigenvalue weighted by atomic mass is 35.5. The van der Waals surface area contributed by atoms with Crippen molar-refractivity contribution in [2.75, 3.05) is 32.1 Å². The SMILES string of the molecule is COc1cnc(-c2cc(Cl)ccc2F)nc1Nc1ccncc1C(=O)NCCNCC(C)O. The molecule has 0 bridgehead atoms. The number of nitrogens with zero attached hydrogens (tertiary/aromatic N) is 3. The fraction of sp³-hybridized carbons (Fsp3) is 0.273. The lowest BCUT2D eigenvalue weighted by Gasteiger charge is -2.14. The standard InChI is InChI=1S/C22H24ClFN6O3/c1-13(31)10-26-7-8-27-22(32)16-11-25-6-5-18(16)29-21-19(33-2)12-28-20(30-21)15-9-14(23)3-4-17(15)24/h3-6,9,11-13,26,31H,7-8,10H2,1-2H3,(H,27,32)(H,25,28,29,30). The number of aromatic nitrogens is 3. The van der Waals surface area contributed by atoms with Crippen molar-refractivity contribution in [3.8, 4) is 17.1 Å². The smallest absolute Gasteiger partial charge is 0.255 e. The molecule has 0 spiro atoms. The molecule has 0 aliphatic rings. The van der Waals surface area contributed by atoms with Gasteiger partial charge in [-0.2, -0.15) is 0 Å². The molecule has 9 nitrogen and oxygen atoms in total. The second-order valence-corrected chi connectivity index (χ2v) is 7.53. The molecule has 1 amide bonds. The molecule has 1 unspecified atom stereocenters. The van der Waals surface area contributed by atoms with E-state index in [4.69, 9.17) is 16.3 Å². The van der Waals surface area contributed by atoms with Crippen molar-refractivity contribution in [1.82, 2.24) is 25.6 Å². The number of pyridine rings is 1. The third-order valence-electron chi connectivity index (χ3n) is 4.49. The Balaban J connectivity index is 1.82. The molecule has 33 heavy (non-hydrogen) atoms. The quantitative estimate of drug-likeness (QED) is 0.331. The lowest BCUT2D eigenvalue weighted by atomic mass is 10.2. The van der Waals surface area contributed by atoms with E-state index in [0.29, 0.717) is 36.1 Å². The average Bonchev–Trinajstić information content (AvgIpc) is 2.80. The van der Waals surface area contributed by atoms with Crippen LogP contribution in [0.25, 0.3) is 11.4 Å². The Hall–Kier alpha value is -3.34. The second kappa shape index (κ2) is 11.5. The molecular weight excluding hydrogens is 451 g/mol. The molecular formula is C22H24ClFN6O3. The number of nitrogens with one attached hydrogen (secondary N) is 3. The molecule has 4 N–H and O–H groups in total. The minimum absolute atomic E-state index is 0.0996. The number of benzene rings is 1. The van der Waals surface area contributed by atoms with Crippen LogP contribution in [0.2, 0.25) is 5.02 Å². The molecule has 2 aromatic heterocycles. The molecule has 1 aromatic carbocycles. The van der Waals surface area contributed by atoms with Gasteiger partial charge in [0.2, 0.25) is 0 Å². The van der Waals surface area contributed by atoms with Gasteiger partial charge in [-0.15, -0.1) is 0 Å². The highest BCUT2D eigenvalue weighted by molar-refractivity contribution is 6.30. The van der Waals surface area contributed by atoms with E-state index in [9.17, 15) is 14.3 Å². The Labute approximate surface area is 195 Å². The fourth-order valence-corrected chi connectivity index (χ4v) is 3.06. The number of carbonyl (C=O) groups is 1. The average molecular weight is 475 g/mol. The lowest BCUT2D eigenvalue weighted by Crippen LogP contribution is -2.34. The summed E-state index contributed by atoms with van der Waals surface area (Å²) in [6.45, 7) is 2.95. The summed E-state index contributed by atoms with van der Waals surface area (Å²) in [4.78, 5) is 25.3. The van der Waals surface area contributed by atoms with Gasteiger partial charge in [0.15, 0.2) is 17.4 Å². The van der Waals surface area contributed by atoms with Crippen molar-refractivity contribution in [3.05, 3.63) is 59.3 Å². The predicted molar refractivity (Wildman–Crippen MR) is 123 cm³/mol. The molecule has 11 heteroatoms. The van der Waals surface area contributed by atoms with E-state index >= 15 is 0 Å². The van der Waals surface area contributed by atoms with Gasteiger partial charge in [0.05, 0.1) is 36.2 Å². The number of rotatable bonds is 10. The van der Waals surface area contributed by atoms with E-state index in [1.807, 2.05) is 0 Å². The van der Waals surface area contributed by atoms with Gasteiger partial charge in [0.25, 0.3) is 5.91 Å². The zero-order valence-corrected chi connectivity index (χ0v) is 18.9. The van der Waals surface area contributed by atoms with E-state index in [0.717, 1.165) is 0 Å². The maximum atomic E-state index is 14.3. The number of aliphatic hydroxyl groups is 1. The second-order valence-electron chi connectivity index (χ2n) is 7.09. The number of methoxy groups -OCH3 is 1. The van der Waals surface area contributed by atoms with E-state index in [-0.39, 0.29) is 28.7 Å². The summed E-state index contributed by atoms with van der Waals surface area (Å²) < 4.78 is 19.6. The van der Waals surface area contributed by atoms with Crippen LogP contribution in [-0.2, 0) is 0 Å². The number of carbonyl (C=O) groups excluding carboxylic acids is 1. The number of hydrogen-bond donors (Lipinski definition) is 4. The lowest BCUT2D eigenvalue weighted by molar-refractivity contribution is 0.0954. The van der Waals surface area contributed by atoms with Crippen LogP contribution in [0.15, 0.2) is 42.9 Å². The maximum absolute atomic E-state index is 14.3. The Bertz CT molecular complexity index is 1120. The Kier molecular flexibility index (Phi) is 8.47. The molecule has 3 rings (SSSR count). The number of ether oxygens (including phenoxy) is 1. The fourth-order valence-electron chi connectivity index (χ4n) is 2.89. The molecule has 0 aliphatic carbocycles. The van der Waals surface area contributed by atoms with E-state index < -0.39 is 11.9 Å². The van der Waals surface area contributed by atoms with Gasteiger partial charge in [0, 0.05) is 37.1 Å². The molecule has 0 saturated heterocycles. The van der Waals surface area contributed by atoms with Gasteiger partial charge in [-0.25, -0.2) is 14.4 Å². The van der Waals surface area contributed by atoms with Crippen molar-refractivity contribution in [2.45, 2.75) is 13.0 Å². The molecule has 3 aromatic rings. The van der Waals surface area contributed by atoms with Crippen molar-refractivity contribution < 1.29 is 19.0 Å². The van der Waals surface area contributed by atoms with Crippen LogP contribution in [0, 0.1) is 5.82 Å². The van der Waals surface area contributed by atoms with Crippen molar-refractivity contribution in [2.24, 2.45) is 0 Å². The first kappa shape index (κ1) is 24.3. The summed E-state index contributed by atoms with van der Waals surface area (Å²) in [5.74, 6) is -0.239. The molecule has 0 saturated carbocycles. The van der Waals surface area contributed by atoms with Gasteiger partial charge < -0.3 is 25.8 Å². The van der Waals surface area contributed by atoms with Crippen LogP contribution in [0.1, 0.15) is 17.3 Å². The first-order valence-corrected chi connectivity index (χ1v) is 10.5. The zero-order valence-electron chi connectivity index (χ0n) is 18.1. The Morgan fingerprint density at radius 2 is 2.09 bits per heavy atom. The summed E-state index contributed by atoms with van der Waals surface area (Å²) in [5, 5.41) is 18.5. The normalized spacial score (nSPS) is 11.7. The number of halogens is 2. The Morgan fingerprint density at radius 1 is 1.27 bits per heavy atom. The van der Waals surface area contributed by atoms with Gasteiger partial charge in [-0.05, 0) is 31.2 Å². The molecule has 0 fully saturated rings. The summed E-state index contributed by atoms with van der Waals surface area (Å²) >= 11 is 6.00. The van der Waals surface area contributed by atoms with E-state index in [1.165, 1.54) is 43.9 Å². The molecule has 2 heterocycles. The van der Waals surface area contributed by atoms with Crippen molar-refractivity contribution >= 4 is 29.0 Å². The van der Waals surface area contributed by atoms with Crippen LogP contribution >= 0.6 is 11.6 Å². The maximum Gasteiger partial charge on any atom is 0.255 e. The summed E-state index contributed by atoms with van der Waals surface area (Å²) in [5.41, 5.74) is 0.837. The first-order valence-electron chi connectivity index (χ1n) is 10.1. The van der Waals surface area contributed by atoms with Gasteiger partial charge in [0.1, 0.15) is 5.82 Å². The van der Waals surface area contributed by atoms with E-state index in [1.54, 1.807) is 13.0 Å². The minimum atomic E-state index is -0.524. The zero-order chi connectivity index (χ0) is 23.8. The molecule has 1 atom stereocenters. The van der Waals surface area contributed by atoms with Crippen molar-refractivity contribution in [1.29, 1.82) is 0 Å². The monoisotopic (exact) mass is 474 g/mol. The highest BCUT2D eigenvalue weighted by Gasteiger charge is 2.17. The topological polar surface area (TPSA) is 121 Å². The number of hydrogen-bond acceptors (Lipinski definition) is 8. The number of amides is 1. The third kappa shape index (κ3) is 6.58. The van der Waals surface area contributed by atoms with Gasteiger partial charge in [-0.3, -0.25) is 9.78 Å². The number of anilines is 2. The Morgan fingerprint density at radius 3 is 2.85 bits per heavy atom. The van der Waals surface area contributed by atoms with Gasteiger partial charge >= 0.3 is 0 Å². The van der Waals surface area contributed by atoms with Crippen LogP contribution in [0.5, 0.6) is 5.75 Å². The van der Waals surface area contributed by atoms with Crippen LogP contribution in [0.4, 0.5) is 15.9 Å². The predicted octanol–water partition coefficient (Wildman–Crippen LogP) is 2.78. The van der Waals surface area contributed by atoms with Gasteiger partial charge in [-0.1, -0.05) is 11.6 Å². The largest absolute Gasteiger partial charge is 0.491 e. The van der Waals surface area contributed by atoms with Crippen LogP contribution in [0.3, 0.4) is 0 Å². The molecule has 0 aliphatic heterocycles. The molecule has 0 radical (unpaired) electrons. The molecule has 174 valence electrons. The minimum Gasteiger partial charge on any atom is -0.491 e.